The smallest absolute Gasteiger partial charge is 0.307 e. The topological polar surface area (TPSA) is 102 Å². The van der Waals surface area contributed by atoms with Gasteiger partial charge in [0.25, 0.3) is 0 Å². The molecule has 33 heavy (non-hydrogen) atoms. The lowest BCUT2D eigenvalue weighted by atomic mass is 10.0. The molecule has 0 spiro atoms. The van der Waals surface area contributed by atoms with Crippen LogP contribution >= 0.6 is 0 Å². The molecular weight excluding hydrogens is 418 g/mol. The quantitative estimate of drug-likeness (QED) is 0.424. The largest absolute Gasteiger partial charge is 0.493 e. The summed E-state index contributed by atoms with van der Waals surface area (Å²) in [5.74, 6) is 1.18. The number of aliphatic hydroxyl groups is 1. The van der Waals surface area contributed by atoms with Crippen LogP contribution in [0.2, 0.25) is 0 Å². The van der Waals surface area contributed by atoms with Crippen molar-refractivity contribution in [2.45, 2.75) is 32.4 Å². The van der Waals surface area contributed by atoms with Gasteiger partial charge in [0.2, 0.25) is 0 Å². The average molecular weight is 450 g/mol. The fraction of sp³-hybridized carbons (Fsp3) is 0.296. The Balaban J connectivity index is 0.00000149. The Morgan fingerprint density at radius 1 is 0.939 bits per heavy atom. The molecule has 0 unspecified atom stereocenters. The number of aliphatic carboxylic acids is 1. The molecule has 6 nitrogen and oxygen atoms in total. The summed E-state index contributed by atoms with van der Waals surface area (Å²) in [5.41, 5.74) is 10.6. The molecule has 0 atom stereocenters. The number of carboxylic acids is 1. The van der Waals surface area contributed by atoms with E-state index < -0.39 is 5.97 Å². The first-order chi connectivity index (χ1) is 16.1. The van der Waals surface area contributed by atoms with E-state index in [1.807, 2.05) is 30.3 Å². The van der Waals surface area contributed by atoms with Gasteiger partial charge in [-0.05, 0) is 71.3 Å². The van der Waals surface area contributed by atoms with Gasteiger partial charge < -0.3 is 25.4 Å². The SMILES string of the molecule is CO.NCc1cccc(-c2cc(COc3ccccc3CC(=O)O)cc(OCC3CC3)c2)c1. The van der Waals surface area contributed by atoms with Crippen LogP contribution in [0.15, 0.2) is 66.7 Å². The van der Waals surface area contributed by atoms with Gasteiger partial charge in [0.1, 0.15) is 18.1 Å². The second kappa shape index (κ2) is 12.0. The second-order valence-corrected chi connectivity index (χ2v) is 7.99. The van der Waals surface area contributed by atoms with Crippen LogP contribution in [-0.4, -0.2) is 29.9 Å². The molecule has 0 aliphatic heterocycles. The van der Waals surface area contributed by atoms with E-state index in [2.05, 4.69) is 24.3 Å². The third-order valence-electron chi connectivity index (χ3n) is 5.35. The van der Waals surface area contributed by atoms with E-state index in [0.717, 1.165) is 41.7 Å². The van der Waals surface area contributed by atoms with Crippen molar-refractivity contribution in [3.05, 3.63) is 83.4 Å². The van der Waals surface area contributed by atoms with Crippen LogP contribution in [0.25, 0.3) is 11.1 Å². The van der Waals surface area contributed by atoms with Crippen LogP contribution in [0.5, 0.6) is 11.5 Å². The van der Waals surface area contributed by atoms with Crippen molar-refractivity contribution >= 4 is 5.97 Å². The van der Waals surface area contributed by atoms with Gasteiger partial charge in [0, 0.05) is 19.2 Å². The molecule has 1 saturated carbocycles. The molecule has 6 heteroatoms. The highest BCUT2D eigenvalue weighted by Gasteiger charge is 2.22. The Morgan fingerprint density at radius 3 is 2.42 bits per heavy atom. The van der Waals surface area contributed by atoms with Gasteiger partial charge in [-0.2, -0.15) is 0 Å². The number of carbonyl (C=O) groups is 1. The lowest BCUT2D eigenvalue weighted by Crippen LogP contribution is -2.05. The fourth-order valence-corrected chi connectivity index (χ4v) is 3.49. The third kappa shape index (κ3) is 7.34. The normalized spacial score (nSPS) is 12.5. The van der Waals surface area contributed by atoms with Gasteiger partial charge >= 0.3 is 5.97 Å². The van der Waals surface area contributed by atoms with E-state index in [-0.39, 0.29) is 6.42 Å². The standard InChI is InChI=1S/C26H27NO4.CH4O/c27-15-19-4-3-6-21(10-19)23-11-20(12-24(13-23)30-16-18-8-9-18)17-31-25-7-2-1-5-22(25)14-26(28)29;1-2/h1-7,10-13,18H,8-9,14-17,27H2,(H,28,29);2H,1H3. The molecule has 0 saturated heterocycles. The van der Waals surface area contributed by atoms with Crippen LogP contribution < -0.4 is 15.2 Å². The Bertz CT molecular complexity index is 1060. The van der Waals surface area contributed by atoms with E-state index in [4.69, 9.17) is 25.4 Å². The summed E-state index contributed by atoms with van der Waals surface area (Å²) >= 11 is 0. The minimum atomic E-state index is -0.881. The summed E-state index contributed by atoms with van der Waals surface area (Å²) in [6.07, 6.45) is 2.39. The number of benzene rings is 3. The number of aliphatic hydroxyl groups excluding tert-OH is 1. The molecular formula is C27H31NO5. The van der Waals surface area contributed by atoms with E-state index in [9.17, 15) is 4.79 Å². The van der Waals surface area contributed by atoms with Crippen LogP contribution in [0.3, 0.4) is 0 Å². The van der Waals surface area contributed by atoms with E-state index >= 15 is 0 Å². The predicted octanol–water partition coefficient (Wildman–Crippen LogP) is 4.42. The maximum atomic E-state index is 11.1. The highest BCUT2D eigenvalue weighted by Crippen LogP contribution is 2.32. The van der Waals surface area contributed by atoms with Crippen molar-refractivity contribution in [2.24, 2.45) is 11.7 Å². The molecule has 0 heterocycles. The third-order valence-corrected chi connectivity index (χ3v) is 5.35. The molecule has 1 aliphatic rings. The number of para-hydroxylation sites is 1. The molecule has 0 aromatic heterocycles. The average Bonchev–Trinajstić information content (AvgIpc) is 3.68. The van der Waals surface area contributed by atoms with Gasteiger partial charge in [0.15, 0.2) is 0 Å². The van der Waals surface area contributed by atoms with Gasteiger partial charge in [-0.3, -0.25) is 4.79 Å². The molecule has 4 rings (SSSR count). The van der Waals surface area contributed by atoms with Gasteiger partial charge in [-0.15, -0.1) is 0 Å². The summed E-state index contributed by atoms with van der Waals surface area (Å²) in [6, 6.07) is 21.6. The molecule has 0 bridgehead atoms. The summed E-state index contributed by atoms with van der Waals surface area (Å²) in [5, 5.41) is 16.1. The van der Waals surface area contributed by atoms with Crippen molar-refractivity contribution < 1.29 is 24.5 Å². The molecule has 3 aromatic rings. The van der Waals surface area contributed by atoms with Crippen LogP contribution in [-0.2, 0) is 24.4 Å². The summed E-state index contributed by atoms with van der Waals surface area (Å²) in [6.45, 7) is 1.54. The first-order valence-electron chi connectivity index (χ1n) is 11.0. The van der Waals surface area contributed by atoms with Crippen molar-refractivity contribution in [1.82, 2.24) is 0 Å². The van der Waals surface area contributed by atoms with Crippen molar-refractivity contribution in [2.75, 3.05) is 13.7 Å². The van der Waals surface area contributed by atoms with Crippen molar-refractivity contribution in [3.8, 4) is 22.6 Å². The summed E-state index contributed by atoms with van der Waals surface area (Å²) < 4.78 is 12.1. The van der Waals surface area contributed by atoms with Crippen LogP contribution in [0.4, 0.5) is 0 Å². The molecule has 1 aliphatic carbocycles. The zero-order valence-electron chi connectivity index (χ0n) is 18.9. The van der Waals surface area contributed by atoms with Crippen molar-refractivity contribution in [1.29, 1.82) is 0 Å². The number of nitrogens with two attached hydrogens (primary N) is 1. The predicted molar refractivity (Wildman–Crippen MR) is 128 cm³/mol. The summed E-state index contributed by atoms with van der Waals surface area (Å²) in [4.78, 5) is 11.1. The Hall–Kier alpha value is -3.35. The number of hydrogen-bond acceptors (Lipinski definition) is 5. The zero-order chi connectivity index (χ0) is 23.6. The lowest BCUT2D eigenvalue weighted by Gasteiger charge is -2.14. The van der Waals surface area contributed by atoms with E-state index in [1.165, 1.54) is 12.8 Å². The minimum absolute atomic E-state index is 0.0716. The van der Waals surface area contributed by atoms with Gasteiger partial charge in [-0.25, -0.2) is 0 Å². The molecule has 4 N–H and O–H groups in total. The number of carboxylic acid groups (broad SMARTS) is 1. The fourth-order valence-electron chi connectivity index (χ4n) is 3.49. The first kappa shape index (κ1) is 24.3. The number of ether oxygens (including phenoxy) is 2. The first-order valence-corrected chi connectivity index (χ1v) is 11.0. The van der Waals surface area contributed by atoms with Gasteiger partial charge in [0.05, 0.1) is 13.0 Å². The second-order valence-electron chi connectivity index (χ2n) is 7.99. The molecule has 1 fully saturated rings. The Labute approximate surface area is 194 Å². The maximum Gasteiger partial charge on any atom is 0.307 e. The zero-order valence-corrected chi connectivity index (χ0v) is 18.9. The van der Waals surface area contributed by atoms with Crippen LogP contribution in [0.1, 0.15) is 29.5 Å². The maximum absolute atomic E-state index is 11.1. The molecule has 0 amide bonds. The Kier molecular flexibility index (Phi) is 8.87. The summed E-state index contributed by atoms with van der Waals surface area (Å²) in [7, 11) is 1.00. The lowest BCUT2D eigenvalue weighted by molar-refractivity contribution is -0.136. The Morgan fingerprint density at radius 2 is 1.70 bits per heavy atom. The molecule has 3 aromatic carbocycles. The highest BCUT2D eigenvalue weighted by molar-refractivity contribution is 5.71. The molecule has 174 valence electrons. The monoisotopic (exact) mass is 449 g/mol. The van der Waals surface area contributed by atoms with Gasteiger partial charge in [-0.1, -0.05) is 36.4 Å². The van der Waals surface area contributed by atoms with E-state index in [1.54, 1.807) is 12.1 Å². The number of rotatable bonds is 10. The molecule has 0 radical (unpaired) electrons. The van der Waals surface area contributed by atoms with Crippen molar-refractivity contribution in [3.63, 3.8) is 0 Å². The van der Waals surface area contributed by atoms with E-state index in [0.29, 0.717) is 30.4 Å². The minimum Gasteiger partial charge on any atom is -0.493 e. The highest BCUT2D eigenvalue weighted by atomic mass is 16.5. The number of hydrogen-bond donors (Lipinski definition) is 3. The van der Waals surface area contributed by atoms with Crippen LogP contribution in [0, 0.1) is 5.92 Å².